The number of benzene rings is 1. The zero-order chi connectivity index (χ0) is 17.9. The van der Waals surface area contributed by atoms with E-state index >= 15 is 0 Å². The van der Waals surface area contributed by atoms with Gasteiger partial charge in [-0.05, 0) is 50.1 Å². The average Bonchev–Trinajstić information content (AvgIpc) is 3.06. The van der Waals surface area contributed by atoms with Crippen molar-refractivity contribution in [2.24, 2.45) is 5.73 Å². The van der Waals surface area contributed by atoms with Crippen molar-refractivity contribution in [2.75, 3.05) is 6.54 Å². The molecule has 3 N–H and O–H groups in total. The van der Waals surface area contributed by atoms with Crippen LogP contribution in [0.4, 0.5) is 4.39 Å². The number of nitrogens with zero attached hydrogens (tertiary/aromatic N) is 2. The van der Waals surface area contributed by atoms with Crippen LogP contribution in [0.2, 0.25) is 0 Å². The molecule has 1 heterocycles. The van der Waals surface area contributed by atoms with Gasteiger partial charge in [0.15, 0.2) is 0 Å². The van der Waals surface area contributed by atoms with Crippen molar-refractivity contribution in [2.45, 2.75) is 46.1 Å². The third-order valence-corrected chi connectivity index (χ3v) is 4.24. The summed E-state index contributed by atoms with van der Waals surface area (Å²) in [5, 5.41) is 12.7. The van der Waals surface area contributed by atoms with E-state index in [0.29, 0.717) is 11.6 Å². The molecule has 0 spiro atoms. The third kappa shape index (κ3) is 6.33. The van der Waals surface area contributed by atoms with E-state index in [9.17, 15) is 9.18 Å². The van der Waals surface area contributed by atoms with Crippen LogP contribution in [0.5, 0.6) is 0 Å². The van der Waals surface area contributed by atoms with Crippen LogP contribution in [-0.2, 0) is 4.79 Å². The number of hydrogen-bond donors (Lipinski definition) is 2. The number of rotatable bonds is 7. The maximum atomic E-state index is 13.0. The van der Waals surface area contributed by atoms with E-state index in [2.05, 4.69) is 15.5 Å². The minimum absolute atomic E-state index is 0.101. The molecule has 5 nitrogen and oxygen atoms in total. The first kappa shape index (κ1) is 20.2. The Bertz CT molecular complexity index is 615. The number of carbonyl (C=O) groups excluding carboxylic acids is 1. The molecule has 1 unspecified atom stereocenters. The highest BCUT2D eigenvalue weighted by Crippen LogP contribution is 2.29. The molecule has 2 rings (SSSR count). The van der Waals surface area contributed by atoms with Crippen LogP contribution in [0, 0.1) is 5.82 Å². The van der Waals surface area contributed by atoms with Gasteiger partial charge in [-0.25, -0.2) is 4.39 Å². The third-order valence-electron chi connectivity index (χ3n) is 3.15. The van der Waals surface area contributed by atoms with Gasteiger partial charge in [-0.15, -0.1) is 10.2 Å². The Kier molecular flexibility index (Phi) is 9.11. The Morgan fingerprint density at radius 1 is 1.25 bits per heavy atom. The molecule has 0 aliphatic carbocycles. The number of nitrogens with two attached hydrogens (primary N) is 1. The van der Waals surface area contributed by atoms with Crippen molar-refractivity contribution in [3.63, 3.8) is 0 Å². The molecule has 1 atom stereocenters. The van der Waals surface area contributed by atoms with Crippen molar-refractivity contribution in [3.8, 4) is 10.6 Å². The fourth-order valence-electron chi connectivity index (χ4n) is 2.08. The Labute approximate surface area is 146 Å². The largest absolute Gasteiger partial charge is 0.347 e. The number of amides is 1. The minimum Gasteiger partial charge on any atom is -0.347 e. The van der Waals surface area contributed by atoms with Gasteiger partial charge >= 0.3 is 0 Å². The van der Waals surface area contributed by atoms with Crippen molar-refractivity contribution >= 4 is 17.2 Å². The van der Waals surface area contributed by atoms with Crippen LogP contribution in [0.15, 0.2) is 24.3 Å². The van der Waals surface area contributed by atoms with E-state index < -0.39 is 0 Å². The number of nitrogens with one attached hydrogen (secondary N) is 1. The predicted octanol–water partition coefficient (Wildman–Crippen LogP) is 3.68. The number of hydrogen-bond acceptors (Lipinski definition) is 5. The second-order valence-electron chi connectivity index (χ2n) is 4.99. The Balaban J connectivity index is 0.00000139. The summed E-state index contributed by atoms with van der Waals surface area (Å²) < 4.78 is 13.0. The lowest BCUT2D eigenvalue weighted by molar-refractivity contribution is -0.119. The summed E-state index contributed by atoms with van der Waals surface area (Å²) in [5.74, 6) is -0.386. The molecular weight excluding hydrogens is 327 g/mol. The van der Waals surface area contributed by atoms with Gasteiger partial charge in [-0.1, -0.05) is 25.2 Å². The molecule has 0 saturated carbocycles. The Hall–Kier alpha value is -1.86. The summed E-state index contributed by atoms with van der Waals surface area (Å²) in [4.78, 5) is 11.4. The van der Waals surface area contributed by atoms with E-state index in [1.807, 2.05) is 13.8 Å². The van der Waals surface area contributed by atoms with Gasteiger partial charge < -0.3 is 11.1 Å². The number of halogens is 1. The van der Waals surface area contributed by atoms with Crippen LogP contribution in [0.3, 0.4) is 0 Å². The van der Waals surface area contributed by atoms with E-state index in [4.69, 9.17) is 5.73 Å². The van der Waals surface area contributed by atoms with E-state index in [0.717, 1.165) is 29.8 Å². The lowest BCUT2D eigenvalue weighted by Gasteiger charge is -2.14. The summed E-state index contributed by atoms with van der Waals surface area (Å²) in [6.07, 6.45) is 2.58. The Morgan fingerprint density at radius 3 is 2.50 bits per heavy atom. The lowest BCUT2D eigenvalue weighted by Crippen LogP contribution is -2.26. The molecule has 0 aliphatic heterocycles. The molecular formula is C17H25FN4OS. The lowest BCUT2D eigenvalue weighted by atomic mass is 10.1. The molecule has 1 aromatic heterocycles. The molecule has 0 radical (unpaired) electrons. The molecule has 1 aromatic carbocycles. The second kappa shape index (κ2) is 10.8. The molecule has 1 amide bonds. The molecule has 0 aliphatic rings. The van der Waals surface area contributed by atoms with Crippen molar-refractivity contribution < 1.29 is 9.18 Å². The number of unbranched alkanes of at least 4 members (excludes halogenated alkanes) is 1. The predicted molar refractivity (Wildman–Crippen MR) is 96.1 cm³/mol. The maximum absolute atomic E-state index is 13.0. The fraction of sp³-hybridized carbons (Fsp3) is 0.471. The van der Waals surface area contributed by atoms with Crippen molar-refractivity contribution in [3.05, 3.63) is 35.1 Å². The molecule has 24 heavy (non-hydrogen) atoms. The van der Waals surface area contributed by atoms with E-state index in [1.165, 1.54) is 30.4 Å². The molecule has 0 fully saturated rings. The highest BCUT2D eigenvalue weighted by molar-refractivity contribution is 7.14. The molecule has 2 aromatic rings. The second-order valence-corrected chi connectivity index (χ2v) is 6.00. The summed E-state index contributed by atoms with van der Waals surface area (Å²) in [5.41, 5.74) is 6.32. The highest BCUT2D eigenvalue weighted by Gasteiger charge is 2.18. The van der Waals surface area contributed by atoms with E-state index in [1.54, 1.807) is 12.1 Å². The maximum Gasteiger partial charge on any atom is 0.217 e. The topological polar surface area (TPSA) is 80.9 Å². The normalized spacial score (nSPS) is 11.4. The fourth-order valence-corrected chi connectivity index (χ4v) is 3.01. The van der Waals surface area contributed by atoms with Crippen LogP contribution >= 0.6 is 11.3 Å². The molecule has 0 saturated heterocycles. The zero-order valence-electron chi connectivity index (χ0n) is 14.4. The summed E-state index contributed by atoms with van der Waals surface area (Å²) in [6, 6.07) is 5.96. The summed E-state index contributed by atoms with van der Waals surface area (Å²) in [6.45, 7) is 6.11. The van der Waals surface area contributed by atoms with Gasteiger partial charge in [-0.2, -0.15) is 0 Å². The quantitative estimate of drug-likeness (QED) is 0.745. The van der Waals surface area contributed by atoms with Crippen LogP contribution in [-0.4, -0.2) is 22.6 Å². The van der Waals surface area contributed by atoms with Crippen molar-refractivity contribution in [1.82, 2.24) is 15.5 Å². The van der Waals surface area contributed by atoms with Gasteiger partial charge in [0, 0.05) is 12.5 Å². The van der Waals surface area contributed by atoms with Crippen LogP contribution in [0.25, 0.3) is 10.6 Å². The highest BCUT2D eigenvalue weighted by atomic mass is 32.1. The van der Waals surface area contributed by atoms with E-state index in [-0.39, 0.29) is 17.8 Å². The first-order chi connectivity index (χ1) is 11.6. The van der Waals surface area contributed by atoms with Gasteiger partial charge in [0.05, 0.1) is 6.04 Å². The van der Waals surface area contributed by atoms with Gasteiger partial charge in [-0.3, -0.25) is 4.79 Å². The first-order valence-electron chi connectivity index (χ1n) is 8.16. The summed E-state index contributed by atoms with van der Waals surface area (Å²) >= 11 is 1.41. The average molecular weight is 352 g/mol. The monoisotopic (exact) mass is 352 g/mol. The van der Waals surface area contributed by atoms with Crippen LogP contribution in [0.1, 0.15) is 51.1 Å². The molecule has 0 bridgehead atoms. The van der Waals surface area contributed by atoms with Gasteiger partial charge in [0.2, 0.25) is 5.91 Å². The van der Waals surface area contributed by atoms with Crippen molar-refractivity contribution in [1.29, 1.82) is 0 Å². The van der Waals surface area contributed by atoms with Gasteiger partial charge in [0.1, 0.15) is 15.8 Å². The molecule has 132 valence electrons. The number of carbonyl (C=O) groups is 1. The Morgan fingerprint density at radius 2 is 1.92 bits per heavy atom. The molecule has 7 heteroatoms. The van der Waals surface area contributed by atoms with Gasteiger partial charge in [0.25, 0.3) is 0 Å². The number of aromatic nitrogens is 2. The summed E-state index contributed by atoms with van der Waals surface area (Å²) in [7, 11) is 0. The zero-order valence-corrected chi connectivity index (χ0v) is 15.2. The SMILES string of the molecule is CC.CC(=O)NC(CCCCN)c1nnc(-c2ccc(F)cc2)s1. The minimum atomic E-state index is -0.286. The standard InChI is InChI=1S/C15H19FN4OS.C2H6/c1-10(21)18-13(4-2-3-9-17)15-20-19-14(22-15)11-5-7-12(16)8-6-11;1-2/h5-8,13H,2-4,9,17H2,1H3,(H,18,21);1-2H3. The smallest absolute Gasteiger partial charge is 0.217 e. The van der Waals surface area contributed by atoms with Crippen LogP contribution < -0.4 is 11.1 Å². The first-order valence-corrected chi connectivity index (χ1v) is 8.98.